The van der Waals surface area contributed by atoms with Crippen molar-refractivity contribution in [2.45, 2.75) is 22.8 Å². The topological polar surface area (TPSA) is 76.8 Å². The molecule has 0 aromatic heterocycles. The fourth-order valence-electron chi connectivity index (χ4n) is 1.70. The number of hydrogen-bond donors (Lipinski definition) is 1. The fraction of sp³-hybridized carbons (Fsp3) is 0.889. The zero-order valence-corrected chi connectivity index (χ0v) is 12.8. The zero-order valence-electron chi connectivity index (χ0n) is 9.65. The molecule has 2 unspecified atom stereocenters. The number of nitrogens with zero attached hydrogens (tertiary/aromatic N) is 2. The van der Waals surface area contributed by atoms with E-state index in [0.717, 1.165) is 6.42 Å². The maximum Gasteiger partial charge on any atom is 0.382 e. The molecule has 1 fully saturated rings. The summed E-state index contributed by atoms with van der Waals surface area (Å²) in [7, 11) is 1.51. The second-order valence-corrected chi connectivity index (χ2v) is 7.36. The molecule has 0 radical (unpaired) electrons. The molecule has 0 bridgehead atoms. The van der Waals surface area contributed by atoms with E-state index < -0.39 is 8.28 Å². The van der Waals surface area contributed by atoms with Crippen molar-refractivity contribution < 1.29 is 9.66 Å². The number of halogens is 2. The average molecular weight is 373 g/mol. The van der Waals surface area contributed by atoms with E-state index in [-0.39, 0.29) is 11.9 Å². The Kier molecular flexibility index (Phi) is 5.33. The van der Waals surface area contributed by atoms with Crippen molar-refractivity contribution in [3.8, 4) is 0 Å². The second-order valence-electron chi connectivity index (χ2n) is 4.00. The number of nitrogens with one attached hydrogen (secondary N) is 1. The minimum atomic E-state index is -1.54. The van der Waals surface area contributed by atoms with Gasteiger partial charge in [-0.05, 0) is 13.3 Å². The largest absolute Gasteiger partial charge is 0.382 e. The van der Waals surface area contributed by atoms with E-state index in [4.69, 9.17) is 4.74 Å². The third-order valence-corrected chi connectivity index (χ3v) is 3.91. The molecule has 98 valence electrons. The van der Waals surface area contributed by atoms with Gasteiger partial charge >= 0.3 is 3.36 Å². The van der Waals surface area contributed by atoms with Crippen LogP contribution in [0.25, 0.3) is 0 Å². The van der Waals surface area contributed by atoms with Crippen LogP contribution in [0.5, 0.6) is 0 Å². The van der Waals surface area contributed by atoms with Crippen molar-refractivity contribution >= 4 is 37.7 Å². The van der Waals surface area contributed by atoms with E-state index in [1.165, 1.54) is 7.05 Å². The molecular weight excluding hydrogens is 358 g/mol. The highest BCUT2D eigenvalue weighted by Gasteiger charge is 2.43. The Bertz CT molecular complexity index is 323. The molecule has 0 aromatic carbocycles. The minimum absolute atomic E-state index is 0.252. The number of aliphatic imine (C=N–C) groups is 1. The summed E-state index contributed by atoms with van der Waals surface area (Å²) >= 11 is 5.98. The summed E-state index contributed by atoms with van der Waals surface area (Å²) in [5.74, 6) is 0.617. The lowest BCUT2D eigenvalue weighted by molar-refractivity contribution is -0.486. The van der Waals surface area contributed by atoms with E-state index in [2.05, 4.69) is 42.2 Å². The maximum atomic E-state index is 10.8. The van der Waals surface area contributed by atoms with Gasteiger partial charge in [-0.15, -0.1) is 0 Å². The zero-order chi connectivity index (χ0) is 13.1. The molecule has 0 amide bonds. The van der Waals surface area contributed by atoms with Gasteiger partial charge < -0.3 is 10.1 Å². The lowest BCUT2D eigenvalue weighted by atomic mass is 10.1. The number of hydrogen-bond acceptors (Lipinski definition) is 4. The molecule has 1 aliphatic heterocycles. The monoisotopic (exact) mass is 371 g/mol. The molecule has 0 spiro atoms. The van der Waals surface area contributed by atoms with Crippen LogP contribution in [-0.2, 0) is 4.74 Å². The highest BCUT2D eigenvalue weighted by molar-refractivity contribution is 9.25. The van der Waals surface area contributed by atoms with Crippen LogP contribution >= 0.6 is 31.9 Å². The Morgan fingerprint density at radius 1 is 1.71 bits per heavy atom. The first kappa shape index (κ1) is 14.8. The molecule has 0 aliphatic carbocycles. The number of nitro groups is 1. The van der Waals surface area contributed by atoms with Crippen molar-refractivity contribution in [2.24, 2.45) is 10.9 Å². The van der Waals surface area contributed by atoms with Crippen molar-refractivity contribution in [3.05, 3.63) is 10.1 Å². The van der Waals surface area contributed by atoms with Gasteiger partial charge in [-0.3, -0.25) is 15.1 Å². The first-order valence-corrected chi connectivity index (χ1v) is 6.81. The minimum Gasteiger partial charge on any atom is -0.378 e. The van der Waals surface area contributed by atoms with Crippen LogP contribution in [0.1, 0.15) is 13.3 Å². The van der Waals surface area contributed by atoms with Gasteiger partial charge in [-0.25, -0.2) is 0 Å². The predicted octanol–water partition coefficient (Wildman–Crippen LogP) is 1.75. The van der Waals surface area contributed by atoms with Crippen molar-refractivity contribution in [1.82, 2.24) is 5.32 Å². The highest BCUT2D eigenvalue weighted by Crippen LogP contribution is 2.28. The SMILES string of the molecule is CN=C(NCC1COC(C)C1)C(Br)(Br)[N+](=O)[O-]. The normalized spacial score (nSPS) is 26.0. The molecule has 1 rings (SSSR count). The van der Waals surface area contributed by atoms with Crippen molar-refractivity contribution in [2.75, 3.05) is 20.2 Å². The third kappa shape index (κ3) is 3.89. The summed E-state index contributed by atoms with van der Waals surface area (Å²) in [6, 6.07) is 0. The third-order valence-electron chi connectivity index (χ3n) is 2.58. The van der Waals surface area contributed by atoms with Crippen LogP contribution in [0.15, 0.2) is 4.99 Å². The Morgan fingerprint density at radius 2 is 2.35 bits per heavy atom. The molecular formula is C9H15Br2N3O3. The van der Waals surface area contributed by atoms with E-state index in [1.54, 1.807) is 0 Å². The predicted molar refractivity (Wildman–Crippen MR) is 72.5 cm³/mol. The first-order chi connectivity index (χ1) is 7.87. The van der Waals surface area contributed by atoms with E-state index in [1.807, 2.05) is 6.92 Å². The van der Waals surface area contributed by atoms with Gasteiger partial charge in [0.2, 0.25) is 0 Å². The summed E-state index contributed by atoms with van der Waals surface area (Å²) < 4.78 is 3.89. The lowest BCUT2D eigenvalue weighted by Crippen LogP contribution is -2.45. The van der Waals surface area contributed by atoms with Gasteiger partial charge in [0.25, 0.3) is 0 Å². The number of amidine groups is 1. The van der Waals surface area contributed by atoms with E-state index in [9.17, 15) is 10.1 Å². The average Bonchev–Trinajstić information content (AvgIpc) is 2.64. The summed E-state index contributed by atoms with van der Waals surface area (Å²) in [6.07, 6.45) is 1.22. The second kappa shape index (κ2) is 6.10. The molecule has 1 saturated heterocycles. The number of rotatable bonds is 4. The molecule has 1 heterocycles. The van der Waals surface area contributed by atoms with Gasteiger partial charge in [-0.1, -0.05) is 0 Å². The number of alkyl halides is 2. The van der Waals surface area contributed by atoms with Crippen molar-refractivity contribution in [1.29, 1.82) is 0 Å². The highest BCUT2D eigenvalue weighted by atomic mass is 79.9. The number of ether oxygens (including phenoxy) is 1. The molecule has 1 N–H and O–H groups in total. The van der Waals surface area contributed by atoms with E-state index >= 15 is 0 Å². The summed E-state index contributed by atoms with van der Waals surface area (Å²) in [4.78, 5) is 14.2. The lowest BCUT2D eigenvalue weighted by Gasteiger charge is -2.17. The van der Waals surface area contributed by atoms with Gasteiger partial charge in [0.05, 0.1) is 17.6 Å². The van der Waals surface area contributed by atoms with Crippen molar-refractivity contribution in [3.63, 3.8) is 0 Å². The first-order valence-electron chi connectivity index (χ1n) is 5.23. The quantitative estimate of drug-likeness (QED) is 0.204. The standard InChI is InChI=1S/C9H15Br2N3O3/c1-6-3-7(5-17-6)4-13-8(12-2)9(10,11)14(15)16/h6-7H,3-5H2,1-2H3,(H,12,13). The van der Waals surface area contributed by atoms with Gasteiger partial charge in [-0.2, -0.15) is 0 Å². The summed E-state index contributed by atoms with van der Waals surface area (Å²) in [6.45, 7) is 3.32. The smallest absolute Gasteiger partial charge is 0.378 e. The van der Waals surface area contributed by atoms with Crippen LogP contribution in [-0.4, -0.2) is 40.4 Å². The molecule has 2 atom stereocenters. The van der Waals surface area contributed by atoms with Gasteiger partial charge in [0.15, 0.2) is 5.84 Å². The molecule has 0 saturated carbocycles. The molecule has 0 aromatic rings. The van der Waals surface area contributed by atoms with Gasteiger partial charge in [0, 0.05) is 51.4 Å². The molecule has 1 aliphatic rings. The van der Waals surface area contributed by atoms with E-state index in [0.29, 0.717) is 19.1 Å². The Morgan fingerprint density at radius 3 is 2.76 bits per heavy atom. The fourth-order valence-corrected chi connectivity index (χ4v) is 2.33. The maximum absolute atomic E-state index is 10.8. The van der Waals surface area contributed by atoms with Crippen LogP contribution in [0.4, 0.5) is 0 Å². The van der Waals surface area contributed by atoms with Crippen LogP contribution in [0.3, 0.4) is 0 Å². The Balaban J connectivity index is 2.52. The Hall–Kier alpha value is -0.210. The summed E-state index contributed by atoms with van der Waals surface area (Å²) in [5.41, 5.74) is 0. The molecule has 17 heavy (non-hydrogen) atoms. The molecule has 6 nitrogen and oxygen atoms in total. The Labute approximate surface area is 117 Å². The van der Waals surface area contributed by atoms with Crippen LogP contribution in [0.2, 0.25) is 0 Å². The van der Waals surface area contributed by atoms with Gasteiger partial charge in [0.1, 0.15) is 0 Å². The van der Waals surface area contributed by atoms with Crippen LogP contribution < -0.4 is 5.32 Å². The molecule has 8 heteroatoms. The van der Waals surface area contributed by atoms with Crippen LogP contribution in [0, 0.1) is 16.0 Å². The summed E-state index contributed by atoms with van der Waals surface area (Å²) in [5, 5.41) is 13.8.